The molecule has 2 heterocycles. The van der Waals surface area contributed by atoms with E-state index in [1.807, 2.05) is 11.1 Å². The number of rotatable bonds is 1. The number of carboxylic acids is 1. The first-order valence-corrected chi connectivity index (χ1v) is 7.91. The maximum Gasteiger partial charge on any atom is 0.490 e. The Labute approximate surface area is 147 Å². The summed E-state index contributed by atoms with van der Waals surface area (Å²) in [6, 6.07) is 8.37. The van der Waals surface area contributed by atoms with Gasteiger partial charge in [-0.15, -0.1) is 0 Å². The summed E-state index contributed by atoms with van der Waals surface area (Å²) in [4.78, 5) is 13.0. The molecule has 1 aromatic carbocycles. The third-order valence-electron chi connectivity index (χ3n) is 4.00. The SMILES string of the molecule is NN1CCC(c2cccc3c(Cl)nccc23)CC1.O=C(O)C(F)(F)F. The van der Waals surface area contributed by atoms with Gasteiger partial charge in [0.25, 0.3) is 0 Å². The Morgan fingerprint density at radius 2 is 1.84 bits per heavy atom. The summed E-state index contributed by atoms with van der Waals surface area (Å²) < 4.78 is 31.7. The molecule has 5 nitrogen and oxygen atoms in total. The van der Waals surface area contributed by atoms with Crippen LogP contribution in [0.4, 0.5) is 13.2 Å². The number of hydrogen-bond acceptors (Lipinski definition) is 4. The van der Waals surface area contributed by atoms with Gasteiger partial charge in [0.2, 0.25) is 0 Å². The highest BCUT2D eigenvalue weighted by molar-refractivity contribution is 6.34. The highest BCUT2D eigenvalue weighted by atomic mass is 35.5. The van der Waals surface area contributed by atoms with E-state index in [1.54, 1.807) is 6.20 Å². The lowest BCUT2D eigenvalue weighted by Crippen LogP contribution is -2.38. The van der Waals surface area contributed by atoms with Crippen molar-refractivity contribution in [1.82, 2.24) is 9.99 Å². The van der Waals surface area contributed by atoms with Crippen molar-refractivity contribution in [1.29, 1.82) is 0 Å². The standard InChI is InChI=1S/C14H16ClN3.C2HF3O2/c15-14-13-3-1-2-11(12(13)4-7-17-14)10-5-8-18(16)9-6-10;3-2(4,5)1(6)7/h1-4,7,10H,5-6,8-9,16H2;(H,6,7). The number of hydrogen-bond donors (Lipinski definition) is 2. The Morgan fingerprint density at radius 1 is 1.24 bits per heavy atom. The number of hydrazine groups is 1. The first kappa shape index (κ1) is 19.4. The molecule has 0 radical (unpaired) electrons. The molecule has 2 aromatic rings. The van der Waals surface area contributed by atoms with Crippen LogP contribution in [0, 0.1) is 0 Å². The molecule has 0 amide bonds. The van der Waals surface area contributed by atoms with Crippen LogP contribution in [-0.2, 0) is 4.79 Å². The minimum atomic E-state index is -5.08. The molecule has 1 aliphatic rings. The van der Waals surface area contributed by atoms with Crippen molar-refractivity contribution in [2.75, 3.05) is 13.1 Å². The number of nitrogens with two attached hydrogens (primary N) is 1. The van der Waals surface area contributed by atoms with Crippen LogP contribution in [0.25, 0.3) is 10.8 Å². The molecule has 25 heavy (non-hydrogen) atoms. The van der Waals surface area contributed by atoms with E-state index < -0.39 is 12.1 Å². The molecule has 1 aromatic heterocycles. The van der Waals surface area contributed by atoms with E-state index in [0.717, 1.165) is 31.3 Å². The van der Waals surface area contributed by atoms with Gasteiger partial charge >= 0.3 is 12.1 Å². The van der Waals surface area contributed by atoms with E-state index in [4.69, 9.17) is 27.3 Å². The predicted molar refractivity (Wildman–Crippen MR) is 88.2 cm³/mol. The Bertz CT molecular complexity index is 747. The summed E-state index contributed by atoms with van der Waals surface area (Å²) in [5.74, 6) is 3.63. The first-order valence-electron chi connectivity index (χ1n) is 7.53. The third kappa shape index (κ3) is 5.04. The molecule has 0 unspecified atom stereocenters. The van der Waals surface area contributed by atoms with Gasteiger partial charge in [-0.1, -0.05) is 29.8 Å². The summed E-state index contributed by atoms with van der Waals surface area (Å²) in [7, 11) is 0. The predicted octanol–water partition coefficient (Wildman–Crippen LogP) is 3.57. The molecule has 0 spiro atoms. The van der Waals surface area contributed by atoms with Gasteiger partial charge in [-0.05, 0) is 35.8 Å². The molecule has 1 saturated heterocycles. The first-order chi connectivity index (χ1) is 11.7. The zero-order valence-corrected chi connectivity index (χ0v) is 13.9. The van der Waals surface area contributed by atoms with Gasteiger partial charge in [-0.3, -0.25) is 5.84 Å². The fourth-order valence-electron chi connectivity index (χ4n) is 2.76. The van der Waals surface area contributed by atoms with Crippen LogP contribution in [-0.4, -0.2) is 40.3 Å². The van der Waals surface area contributed by atoms with E-state index in [9.17, 15) is 13.2 Å². The summed E-state index contributed by atoms with van der Waals surface area (Å²) in [6.07, 6.45) is -1.09. The number of fused-ring (bicyclic) bond motifs is 1. The van der Waals surface area contributed by atoms with Crippen LogP contribution < -0.4 is 5.84 Å². The second-order valence-corrected chi connectivity index (χ2v) is 6.02. The lowest BCUT2D eigenvalue weighted by atomic mass is 9.87. The fraction of sp³-hybridized carbons (Fsp3) is 0.375. The van der Waals surface area contributed by atoms with Crippen LogP contribution in [0.5, 0.6) is 0 Å². The van der Waals surface area contributed by atoms with Gasteiger partial charge in [0.15, 0.2) is 0 Å². The maximum atomic E-state index is 10.6. The summed E-state index contributed by atoms with van der Waals surface area (Å²) in [6.45, 7) is 1.92. The van der Waals surface area contributed by atoms with Crippen LogP contribution in [0.1, 0.15) is 24.3 Å². The number of carboxylic acid groups (broad SMARTS) is 1. The van der Waals surface area contributed by atoms with E-state index in [0.29, 0.717) is 11.1 Å². The Kier molecular flexibility index (Phi) is 6.21. The average Bonchev–Trinajstić information content (AvgIpc) is 2.55. The van der Waals surface area contributed by atoms with Crippen molar-refractivity contribution in [3.8, 4) is 0 Å². The van der Waals surface area contributed by atoms with Gasteiger partial charge in [0.05, 0.1) is 0 Å². The topological polar surface area (TPSA) is 79.5 Å². The highest BCUT2D eigenvalue weighted by Crippen LogP contribution is 2.33. The minimum absolute atomic E-state index is 0.576. The lowest BCUT2D eigenvalue weighted by Gasteiger charge is -2.29. The third-order valence-corrected chi connectivity index (χ3v) is 4.30. The summed E-state index contributed by atoms with van der Waals surface area (Å²) in [5, 5.41) is 11.9. The van der Waals surface area contributed by atoms with E-state index in [1.165, 1.54) is 10.9 Å². The maximum absolute atomic E-state index is 10.6. The van der Waals surface area contributed by atoms with E-state index in [2.05, 4.69) is 23.2 Å². The number of benzene rings is 1. The number of alkyl halides is 3. The number of aliphatic carboxylic acids is 1. The molecular weight excluding hydrogens is 359 g/mol. The number of carbonyl (C=O) groups is 1. The van der Waals surface area contributed by atoms with E-state index >= 15 is 0 Å². The van der Waals surface area contributed by atoms with Gasteiger partial charge < -0.3 is 5.11 Å². The molecule has 1 fully saturated rings. The number of piperidine rings is 1. The second-order valence-electron chi connectivity index (χ2n) is 5.66. The molecule has 0 saturated carbocycles. The fourth-order valence-corrected chi connectivity index (χ4v) is 2.98. The molecule has 0 atom stereocenters. The number of aromatic nitrogens is 1. The van der Waals surface area contributed by atoms with Crippen LogP contribution in [0.3, 0.4) is 0 Å². The monoisotopic (exact) mass is 375 g/mol. The van der Waals surface area contributed by atoms with Crippen molar-refractivity contribution >= 4 is 28.3 Å². The molecule has 0 aliphatic carbocycles. The minimum Gasteiger partial charge on any atom is -0.475 e. The van der Waals surface area contributed by atoms with Gasteiger partial charge in [0, 0.05) is 24.7 Å². The normalized spacial score (nSPS) is 16.4. The smallest absolute Gasteiger partial charge is 0.475 e. The van der Waals surface area contributed by atoms with Crippen molar-refractivity contribution in [2.45, 2.75) is 24.9 Å². The number of pyridine rings is 1. The summed E-state index contributed by atoms with van der Waals surface area (Å²) >= 11 is 6.15. The number of halogens is 4. The lowest BCUT2D eigenvalue weighted by molar-refractivity contribution is -0.192. The second kappa shape index (κ2) is 7.99. The van der Waals surface area contributed by atoms with Crippen LogP contribution >= 0.6 is 11.6 Å². The molecule has 3 N–H and O–H groups in total. The molecular formula is C16H17ClF3N3O2. The van der Waals surface area contributed by atoms with Crippen LogP contribution in [0.15, 0.2) is 30.5 Å². The largest absolute Gasteiger partial charge is 0.490 e. The Morgan fingerprint density at radius 3 is 2.40 bits per heavy atom. The van der Waals surface area contributed by atoms with E-state index in [-0.39, 0.29) is 0 Å². The van der Waals surface area contributed by atoms with Crippen LogP contribution in [0.2, 0.25) is 5.15 Å². The number of nitrogens with zero attached hydrogens (tertiary/aromatic N) is 2. The highest BCUT2D eigenvalue weighted by Gasteiger charge is 2.38. The van der Waals surface area contributed by atoms with Crippen molar-refractivity contribution in [3.05, 3.63) is 41.2 Å². The molecule has 0 bridgehead atoms. The Hall–Kier alpha value is -1.90. The molecule has 9 heteroatoms. The molecule has 1 aliphatic heterocycles. The zero-order valence-electron chi connectivity index (χ0n) is 13.1. The van der Waals surface area contributed by atoms with Gasteiger partial charge in [0.1, 0.15) is 5.15 Å². The summed E-state index contributed by atoms with van der Waals surface area (Å²) in [5.41, 5.74) is 1.38. The van der Waals surface area contributed by atoms with Crippen molar-refractivity contribution < 1.29 is 23.1 Å². The molecule has 3 rings (SSSR count). The zero-order chi connectivity index (χ0) is 18.6. The van der Waals surface area contributed by atoms with Gasteiger partial charge in [-0.25, -0.2) is 14.8 Å². The Balaban J connectivity index is 0.000000277. The molecule has 136 valence electrons. The quantitative estimate of drug-likeness (QED) is 0.588. The average molecular weight is 376 g/mol. The van der Waals surface area contributed by atoms with Gasteiger partial charge in [-0.2, -0.15) is 13.2 Å². The van der Waals surface area contributed by atoms with Crippen molar-refractivity contribution in [3.63, 3.8) is 0 Å². The van der Waals surface area contributed by atoms with Crippen molar-refractivity contribution in [2.24, 2.45) is 5.84 Å².